The number of ether oxygens (including phenoxy) is 1. The number of nitrogens with two attached hydrogens (primary N) is 2. The van der Waals surface area contributed by atoms with Gasteiger partial charge in [0.15, 0.2) is 0 Å². The Balaban J connectivity index is 0.00000169. The molecule has 0 saturated carbocycles. The van der Waals surface area contributed by atoms with Crippen LogP contribution in [0.15, 0.2) is 18.2 Å². The van der Waals surface area contributed by atoms with Crippen LogP contribution in [0.3, 0.4) is 0 Å². The van der Waals surface area contributed by atoms with Crippen molar-refractivity contribution in [1.29, 1.82) is 0 Å². The zero-order valence-electron chi connectivity index (χ0n) is 8.49. The third-order valence-corrected chi connectivity index (χ3v) is 2.10. The molecule has 4 heteroatoms. The SMILES string of the molecule is COc1ccc([C@H](N)CN)cc1C.Cl. The minimum absolute atomic E-state index is 0. The average Bonchev–Trinajstić information content (AvgIpc) is 2.16. The third kappa shape index (κ3) is 2.87. The Morgan fingerprint density at radius 3 is 2.50 bits per heavy atom. The highest BCUT2D eigenvalue weighted by Gasteiger charge is 2.05. The summed E-state index contributed by atoms with van der Waals surface area (Å²) in [6, 6.07) is 5.80. The summed E-state index contributed by atoms with van der Waals surface area (Å²) in [5.74, 6) is 0.882. The maximum absolute atomic E-state index is 5.79. The zero-order chi connectivity index (χ0) is 9.84. The molecule has 0 aromatic heterocycles. The van der Waals surface area contributed by atoms with Crippen LogP contribution in [0.4, 0.5) is 0 Å². The molecule has 14 heavy (non-hydrogen) atoms. The molecule has 0 unspecified atom stereocenters. The molecule has 0 bridgehead atoms. The van der Waals surface area contributed by atoms with Gasteiger partial charge in [-0.25, -0.2) is 0 Å². The minimum atomic E-state index is -0.0791. The highest BCUT2D eigenvalue weighted by molar-refractivity contribution is 5.85. The summed E-state index contributed by atoms with van der Waals surface area (Å²) >= 11 is 0. The summed E-state index contributed by atoms with van der Waals surface area (Å²) in [5.41, 5.74) is 13.4. The van der Waals surface area contributed by atoms with Crippen LogP contribution < -0.4 is 16.2 Å². The fraction of sp³-hybridized carbons (Fsp3) is 0.400. The second-order valence-corrected chi connectivity index (χ2v) is 3.07. The molecule has 1 atom stereocenters. The van der Waals surface area contributed by atoms with E-state index in [1.165, 1.54) is 0 Å². The van der Waals surface area contributed by atoms with E-state index in [0.29, 0.717) is 6.54 Å². The van der Waals surface area contributed by atoms with E-state index in [1.807, 2.05) is 25.1 Å². The van der Waals surface area contributed by atoms with Crippen molar-refractivity contribution in [3.05, 3.63) is 29.3 Å². The topological polar surface area (TPSA) is 61.3 Å². The fourth-order valence-electron chi connectivity index (χ4n) is 1.27. The molecule has 0 heterocycles. The Kier molecular flexibility index (Phi) is 5.53. The first-order valence-electron chi connectivity index (χ1n) is 4.29. The van der Waals surface area contributed by atoms with Crippen molar-refractivity contribution in [2.24, 2.45) is 11.5 Å². The molecule has 0 radical (unpaired) electrons. The van der Waals surface area contributed by atoms with Crippen LogP contribution in [0.2, 0.25) is 0 Å². The van der Waals surface area contributed by atoms with Crippen LogP contribution in [0.1, 0.15) is 17.2 Å². The number of methoxy groups -OCH3 is 1. The van der Waals surface area contributed by atoms with Crippen molar-refractivity contribution in [3.63, 3.8) is 0 Å². The molecule has 1 rings (SSSR count). The number of hydrogen-bond acceptors (Lipinski definition) is 3. The van der Waals surface area contributed by atoms with Gasteiger partial charge < -0.3 is 16.2 Å². The van der Waals surface area contributed by atoms with E-state index < -0.39 is 0 Å². The number of hydrogen-bond donors (Lipinski definition) is 2. The van der Waals surface area contributed by atoms with Crippen molar-refractivity contribution >= 4 is 12.4 Å². The van der Waals surface area contributed by atoms with Crippen LogP contribution in [-0.2, 0) is 0 Å². The van der Waals surface area contributed by atoms with Crippen molar-refractivity contribution in [3.8, 4) is 5.75 Å². The average molecular weight is 217 g/mol. The van der Waals surface area contributed by atoms with Crippen molar-refractivity contribution < 1.29 is 4.74 Å². The van der Waals surface area contributed by atoms with Gasteiger partial charge >= 0.3 is 0 Å². The van der Waals surface area contributed by atoms with Crippen LogP contribution in [0.25, 0.3) is 0 Å². The lowest BCUT2D eigenvalue weighted by atomic mass is 10.0. The highest BCUT2D eigenvalue weighted by Crippen LogP contribution is 2.20. The van der Waals surface area contributed by atoms with Crippen LogP contribution >= 0.6 is 12.4 Å². The normalized spacial score (nSPS) is 11.7. The monoisotopic (exact) mass is 216 g/mol. The Labute approximate surface area is 90.8 Å². The van der Waals surface area contributed by atoms with Gasteiger partial charge in [0.2, 0.25) is 0 Å². The molecular weight excluding hydrogens is 200 g/mol. The predicted octanol–water partition coefficient (Wildman–Crippen LogP) is 1.38. The highest BCUT2D eigenvalue weighted by atomic mass is 35.5. The minimum Gasteiger partial charge on any atom is -0.496 e. The number of benzene rings is 1. The van der Waals surface area contributed by atoms with Crippen molar-refractivity contribution in [2.75, 3.05) is 13.7 Å². The smallest absolute Gasteiger partial charge is 0.121 e. The van der Waals surface area contributed by atoms with E-state index in [4.69, 9.17) is 16.2 Å². The molecule has 0 spiro atoms. The largest absolute Gasteiger partial charge is 0.496 e. The van der Waals surface area contributed by atoms with Gasteiger partial charge in [-0.1, -0.05) is 12.1 Å². The summed E-state index contributed by atoms with van der Waals surface area (Å²) in [7, 11) is 1.66. The second-order valence-electron chi connectivity index (χ2n) is 3.07. The van der Waals surface area contributed by atoms with E-state index in [1.54, 1.807) is 7.11 Å². The fourth-order valence-corrected chi connectivity index (χ4v) is 1.27. The van der Waals surface area contributed by atoms with Gasteiger partial charge in [0.1, 0.15) is 5.75 Å². The summed E-state index contributed by atoms with van der Waals surface area (Å²) in [4.78, 5) is 0. The van der Waals surface area contributed by atoms with E-state index in [-0.39, 0.29) is 18.4 Å². The van der Waals surface area contributed by atoms with E-state index in [2.05, 4.69) is 0 Å². The van der Waals surface area contributed by atoms with Crippen LogP contribution in [-0.4, -0.2) is 13.7 Å². The molecule has 0 aliphatic rings. The first-order chi connectivity index (χ1) is 6.19. The molecule has 0 fully saturated rings. The molecule has 0 aliphatic carbocycles. The second kappa shape index (κ2) is 5.86. The Morgan fingerprint density at radius 1 is 1.43 bits per heavy atom. The first-order valence-corrected chi connectivity index (χ1v) is 4.29. The summed E-state index contributed by atoms with van der Waals surface area (Å²) < 4.78 is 5.14. The number of halogens is 1. The van der Waals surface area contributed by atoms with Gasteiger partial charge in [0.05, 0.1) is 7.11 Å². The zero-order valence-corrected chi connectivity index (χ0v) is 9.30. The van der Waals surface area contributed by atoms with Gasteiger partial charge in [0, 0.05) is 12.6 Å². The molecule has 1 aromatic rings. The summed E-state index contributed by atoms with van der Waals surface area (Å²) in [6.07, 6.45) is 0. The standard InChI is InChI=1S/C10H16N2O.ClH/c1-7-5-8(9(12)6-11)3-4-10(7)13-2;/h3-5,9H,6,11-12H2,1-2H3;1H/t9-;/m1./s1. The summed E-state index contributed by atoms with van der Waals surface area (Å²) in [5, 5.41) is 0. The molecule has 0 amide bonds. The quantitative estimate of drug-likeness (QED) is 0.803. The number of aryl methyl sites for hydroxylation is 1. The summed E-state index contributed by atoms with van der Waals surface area (Å²) in [6.45, 7) is 2.46. The molecule has 4 N–H and O–H groups in total. The number of rotatable bonds is 3. The van der Waals surface area contributed by atoms with Gasteiger partial charge in [-0.2, -0.15) is 0 Å². The van der Waals surface area contributed by atoms with Gasteiger partial charge in [-0.05, 0) is 24.1 Å². The molecule has 1 aromatic carbocycles. The van der Waals surface area contributed by atoms with E-state index in [9.17, 15) is 0 Å². The Morgan fingerprint density at radius 2 is 2.07 bits per heavy atom. The van der Waals surface area contributed by atoms with Crippen LogP contribution in [0.5, 0.6) is 5.75 Å². The molecule has 3 nitrogen and oxygen atoms in total. The van der Waals surface area contributed by atoms with Crippen molar-refractivity contribution in [1.82, 2.24) is 0 Å². The molecular formula is C10H17ClN2O. The van der Waals surface area contributed by atoms with Crippen LogP contribution in [0, 0.1) is 6.92 Å². The molecule has 80 valence electrons. The predicted molar refractivity (Wildman–Crippen MR) is 61.0 cm³/mol. The van der Waals surface area contributed by atoms with E-state index >= 15 is 0 Å². The van der Waals surface area contributed by atoms with E-state index in [0.717, 1.165) is 16.9 Å². The lowest BCUT2D eigenvalue weighted by molar-refractivity contribution is 0.411. The lowest BCUT2D eigenvalue weighted by Gasteiger charge is -2.11. The third-order valence-electron chi connectivity index (χ3n) is 2.10. The molecule has 0 saturated heterocycles. The van der Waals surface area contributed by atoms with Crippen molar-refractivity contribution in [2.45, 2.75) is 13.0 Å². The maximum atomic E-state index is 5.79. The van der Waals surface area contributed by atoms with Gasteiger partial charge in [0.25, 0.3) is 0 Å². The lowest BCUT2D eigenvalue weighted by Crippen LogP contribution is -2.20. The Bertz CT molecular complexity index is 291. The molecule has 0 aliphatic heterocycles. The van der Waals surface area contributed by atoms with Gasteiger partial charge in [-0.3, -0.25) is 0 Å². The maximum Gasteiger partial charge on any atom is 0.121 e. The first kappa shape index (κ1) is 13.2. The van der Waals surface area contributed by atoms with Gasteiger partial charge in [-0.15, -0.1) is 12.4 Å². The Hall–Kier alpha value is -0.770.